The SMILES string of the molecule is CC(/C=C/C(C)C(C)C)N=C1C(N2CCN(C)CC2)=Nc2ccc(Cl)cc2CCC1C. The van der Waals surface area contributed by atoms with Crippen molar-refractivity contribution in [3.05, 3.63) is 40.9 Å². The average Bonchev–Trinajstić information content (AvgIpc) is 2.73. The van der Waals surface area contributed by atoms with Crippen molar-refractivity contribution in [3.63, 3.8) is 0 Å². The summed E-state index contributed by atoms with van der Waals surface area (Å²) in [7, 11) is 2.19. The molecule has 170 valence electrons. The molecule has 3 atom stereocenters. The molecule has 0 aromatic heterocycles. The van der Waals surface area contributed by atoms with Gasteiger partial charge in [-0.15, -0.1) is 0 Å². The molecule has 0 amide bonds. The van der Waals surface area contributed by atoms with E-state index in [1.165, 1.54) is 5.56 Å². The van der Waals surface area contributed by atoms with Gasteiger partial charge in [0.15, 0.2) is 5.84 Å². The number of halogens is 1. The highest BCUT2D eigenvalue weighted by molar-refractivity contribution is 6.42. The first-order valence-electron chi connectivity index (χ1n) is 11.8. The number of benzene rings is 1. The maximum atomic E-state index is 6.29. The van der Waals surface area contributed by atoms with E-state index in [0.717, 1.165) is 61.3 Å². The zero-order valence-corrected chi connectivity index (χ0v) is 20.9. The molecule has 1 fully saturated rings. The number of likely N-dealkylation sites (N-methyl/N-ethyl adjacent to an activating group) is 1. The van der Waals surface area contributed by atoms with Crippen LogP contribution < -0.4 is 0 Å². The molecule has 4 nitrogen and oxygen atoms in total. The number of hydrogen-bond acceptors (Lipinski definition) is 4. The molecule has 2 aliphatic heterocycles. The van der Waals surface area contributed by atoms with Gasteiger partial charge in [-0.2, -0.15) is 0 Å². The molecule has 0 aliphatic carbocycles. The monoisotopic (exact) mass is 442 g/mol. The summed E-state index contributed by atoms with van der Waals surface area (Å²) in [6.45, 7) is 15.4. The van der Waals surface area contributed by atoms with Crippen LogP contribution in [0, 0.1) is 17.8 Å². The molecule has 0 N–H and O–H groups in total. The molecule has 31 heavy (non-hydrogen) atoms. The number of piperazine rings is 1. The predicted molar refractivity (Wildman–Crippen MR) is 135 cm³/mol. The number of amidine groups is 1. The van der Waals surface area contributed by atoms with Crippen LogP contribution in [0.5, 0.6) is 0 Å². The summed E-state index contributed by atoms with van der Waals surface area (Å²) in [5, 5.41) is 0.787. The normalized spacial score (nSPS) is 24.1. The van der Waals surface area contributed by atoms with E-state index >= 15 is 0 Å². The van der Waals surface area contributed by atoms with Crippen molar-refractivity contribution in [2.75, 3.05) is 33.2 Å². The Bertz CT molecular complexity index is 834. The molecule has 1 aromatic carbocycles. The lowest BCUT2D eigenvalue weighted by atomic mass is 9.92. The van der Waals surface area contributed by atoms with Crippen LogP contribution in [0.15, 0.2) is 40.3 Å². The van der Waals surface area contributed by atoms with Crippen LogP contribution in [0.2, 0.25) is 5.02 Å². The predicted octanol–water partition coefficient (Wildman–Crippen LogP) is 5.88. The first-order chi connectivity index (χ1) is 14.7. The van der Waals surface area contributed by atoms with Crippen molar-refractivity contribution < 1.29 is 0 Å². The second-order valence-corrected chi connectivity index (χ2v) is 10.1. The topological polar surface area (TPSA) is 31.2 Å². The Morgan fingerprint density at radius 3 is 2.48 bits per heavy atom. The Morgan fingerprint density at radius 1 is 1.10 bits per heavy atom. The number of hydrogen-bond donors (Lipinski definition) is 0. The molecule has 3 rings (SSSR count). The van der Waals surface area contributed by atoms with Crippen LogP contribution >= 0.6 is 11.6 Å². The minimum absolute atomic E-state index is 0.139. The van der Waals surface area contributed by atoms with Gasteiger partial charge in [-0.05, 0) is 62.4 Å². The van der Waals surface area contributed by atoms with Crippen molar-refractivity contribution in [1.82, 2.24) is 9.80 Å². The fourth-order valence-corrected chi connectivity index (χ4v) is 4.22. The van der Waals surface area contributed by atoms with Gasteiger partial charge in [0.2, 0.25) is 0 Å². The Balaban J connectivity index is 2.00. The maximum absolute atomic E-state index is 6.29. The van der Waals surface area contributed by atoms with E-state index in [0.29, 0.717) is 17.8 Å². The molecule has 2 aliphatic rings. The number of aryl methyl sites for hydroxylation is 1. The van der Waals surface area contributed by atoms with E-state index in [4.69, 9.17) is 21.6 Å². The fraction of sp³-hybridized carbons (Fsp3) is 0.615. The van der Waals surface area contributed by atoms with Gasteiger partial charge < -0.3 is 9.80 Å². The van der Waals surface area contributed by atoms with Crippen molar-refractivity contribution in [2.45, 2.75) is 53.5 Å². The highest BCUT2D eigenvalue weighted by Gasteiger charge is 2.27. The van der Waals surface area contributed by atoms with Gasteiger partial charge in [-0.3, -0.25) is 4.99 Å². The second-order valence-electron chi connectivity index (χ2n) is 9.68. The van der Waals surface area contributed by atoms with Crippen LogP contribution in [0.1, 0.15) is 46.6 Å². The zero-order chi connectivity index (χ0) is 22.5. The number of allylic oxidation sites excluding steroid dienone is 1. The fourth-order valence-electron chi connectivity index (χ4n) is 4.02. The zero-order valence-electron chi connectivity index (χ0n) is 20.1. The lowest BCUT2D eigenvalue weighted by molar-refractivity contribution is 0.216. The molecule has 1 saturated heterocycles. The van der Waals surface area contributed by atoms with Gasteiger partial charge in [0, 0.05) is 37.1 Å². The average molecular weight is 443 g/mol. The summed E-state index contributed by atoms with van der Waals surface area (Å²) in [5.41, 5.74) is 3.43. The van der Waals surface area contributed by atoms with Crippen LogP contribution in [0.3, 0.4) is 0 Å². The molecule has 0 bridgehead atoms. The largest absolute Gasteiger partial charge is 0.353 e. The van der Waals surface area contributed by atoms with E-state index in [9.17, 15) is 0 Å². The molecule has 0 saturated carbocycles. The van der Waals surface area contributed by atoms with Gasteiger partial charge in [0.05, 0.1) is 17.4 Å². The third-order valence-corrected chi connectivity index (χ3v) is 6.94. The summed E-state index contributed by atoms with van der Waals surface area (Å²) < 4.78 is 0. The number of rotatable bonds is 4. The van der Waals surface area contributed by atoms with Crippen molar-refractivity contribution in [3.8, 4) is 0 Å². The van der Waals surface area contributed by atoms with E-state index in [1.807, 2.05) is 6.07 Å². The highest BCUT2D eigenvalue weighted by atomic mass is 35.5. The van der Waals surface area contributed by atoms with Gasteiger partial charge >= 0.3 is 0 Å². The van der Waals surface area contributed by atoms with Gasteiger partial charge in [0.25, 0.3) is 0 Å². The Kier molecular flexibility index (Phi) is 8.35. The van der Waals surface area contributed by atoms with Gasteiger partial charge in [-0.1, -0.05) is 51.4 Å². The van der Waals surface area contributed by atoms with Gasteiger partial charge in [0.1, 0.15) is 0 Å². The molecular weight excluding hydrogens is 404 g/mol. The first kappa shape index (κ1) is 24.0. The molecule has 2 heterocycles. The summed E-state index contributed by atoms with van der Waals surface area (Å²) in [6.07, 6.45) is 6.61. The van der Waals surface area contributed by atoms with E-state index in [-0.39, 0.29) is 6.04 Å². The maximum Gasteiger partial charge on any atom is 0.150 e. The molecular formula is C26H39ClN4. The minimum atomic E-state index is 0.139. The third-order valence-electron chi connectivity index (χ3n) is 6.70. The molecule has 5 heteroatoms. The van der Waals surface area contributed by atoms with E-state index < -0.39 is 0 Å². The van der Waals surface area contributed by atoms with Crippen molar-refractivity contribution in [1.29, 1.82) is 0 Å². The van der Waals surface area contributed by atoms with E-state index in [2.05, 4.69) is 75.8 Å². The molecule has 3 unspecified atom stereocenters. The summed E-state index contributed by atoms with van der Waals surface area (Å²) in [4.78, 5) is 15.3. The quantitative estimate of drug-likeness (QED) is 0.545. The summed E-state index contributed by atoms with van der Waals surface area (Å²) in [5.74, 6) is 2.60. The Morgan fingerprint density at radius 2 is 1.81 bits per heavy atom. The first-order valence-corrected chi connectivity index (χ1v) is 12.2. The molecule has 0 spiro atoms. The summed E-state index contributed by atoms with van der Waals surface area (Å²) >= 11 is 6.29. The number of aliphatic imine (C=N–C) groups is 2. The second kappa shape index (κ2) is 10.8. The van der Waals surface area contributed by atoms with Crippen molar-refractivity contribution >= 4 is 28.8 Å². The van der Waals surface area contributed by atoms with Crippen LogP contribution in [-0.2, 0) is 6.42 Å². The third kappa shape index (κ3) is 6.43. The van der Waals surface area contributed by atoms with Crippen LogP contribution in [0.4, 0.5) is 5.69 Å². The lowest BCUT2D eigenvalue weighted by Gasteiger charge is -2.36. The minimum Gasteiger partial charge on any atom is -0.353 e. The Labute approximate surface area is 194 Å². The number of fused-ring (bicyclic) bond motifs is 1. The van der Waals surface area contributed by atoms with E-state index in [1.54, 1.807) is 0 Å². The smallest absolute Gasteiger partial charge is 0.150 e. The lowest BCUT2D eigenvalue weighted by Crippen LogP contribution is -2.50. The van der Waals surface area contributed by atoms with Crippen LogP contribution in [0.25, 0.3) is 0 Å². The molecule has 0 radical (unpaired) electrons. The van der Waals surface area contributed by atoms with Crippen LogP contribution in [-0.4, -0.2) is 60.6 Å². The molecule has 1 aromatic rings. The van der Waals surface area contributed by atoms with Crippen molar-refractivity contribution in [2.24, 2.45) is 27.7 Å². The highest BCUT2D eigenvalue weighted by Crippen LogP contribution is 2.30. The standard InChI is InChI=1S/C26H39ClN4/c1-18(2)19(3)7-9-21(5)28-25-20(4)8-10-22-17-23(27)11-12-24(22)29-26(25)31-15-13-30(6)14-16-31/h7,9,11-12,17-21H,8,10,13-16H2,1-6H3/b9-7+,28-25?,29-26?. The number of nitrogens with zero attached hydrogens (tertiary/aromatic N) is 4. The Hall–Kier alpha value is -1.65. The summed E-state index contributed by atoms with van der Waals surface area (Å²) in [6, 6.07) is 6.23. The van der Waals surface area contributed by atoms with Gasteiger partial charge in [-0.25, -0.2) is 4.99 Å².